The summed E-state index contributed by atoms with van der Waals surface area (Å²) in [7, 11) is 0. The van der Waals surface area contributed by atoms with E-state index in [1.165, 1.54) is 42.1 Å². The molecule has 1 aromatic rings. The van der Waals surface area contributed by atoms with Crippen LogP contribution in [0, 0.1) is 11.8 Å². The molecule has 1 heterocycles. The highest BCUT2D eigenvalue weighted by Crippen LogP contribution is 2.23. The first kappa shape index (κ1) is 15.9. The van der Waals surface area contributed by atoms with E-state index >= 15 is 0 Å². The molecule has 0 N–H and O–H groups in total. The zero-order valence-electron chi connectivity index (χ0n) is 13.3. The molecule has 0 aromatic heterocycles. The summed E-state index contributed by atoms with van der Waals surface area (Å²) in [5.74, 6) is 4.40. The van der Waals surface area contributed by atoms with Crippen LogP contribution in [0.4, 0.5) is 0 Å². The number of thioether (sulfide) groups is 1. The van der Waals surface area contributed by atoms with Crippen LogP contribution in [0.5, 0.6) is 0 Å². The second kappa shape index (κ2) is 8.09. The molecular formula is C18H29NS. The fourth-order valence-electron chi connectivity index (χ4n) is 2.80. The molecule has 0 amide bonds. The summed E-state index contributed by atoms with van der Waals surface area (Å²) in [5, 5.41) is 0. The van der Waals surface area contributed by atoms with Crippen molar-refractivity contribution in [3.8, 4) is 0 Å². The Morgan fingerprint density at radius 3 is 2.55 bits per heavy atom. The van der Waals surface area contributed by atoms with Gasteiger partial charge in [0.15, 0.2) is 0 Å². The van der Waals surface area contributed by atoms with Crippen LogP contribution in [0.15, 0.2) is 24.3 Å². The van der Waals surface area contributed by atoms with E-state index in [1.54, 1.807) is 0 Å². The number of benzene rings is 1. The van der Waals surface area contributed by atoms with Crippen LogP contribution >= 0.6 is 11.8 Å². The summed E-state index contributed by atoms with van der Waals surface area (Å²) in [4.78, 5) is 2.63. The molecule has 1 saturated heterocycles. The van der Waals surface area contributed by atoms with Crippen molar-refractivity contribution in [2.45, 2.75) is 40.2 Å². The van der Waals surface area contributed by atoms with Crippen molar-refractivity contribution in [3.05, 3.63) is 35.4 Å². The van der Waals surface area contributed by atoms with E-state index in [9.17, 15) is 0 Å². The van der Waals surface area contributed by atoms with Gasteiger partial charge in [-0.1, -0.05) is 45.0 Å². The molecule has 1 unspecified atom stereocenters. The zero-order chi connectivity index (χ0) is 14.4. The van der Waals surface area contributed by atoms with E-state index in [0.29, 0.717) is 0 Å². The molecule has 2 heteroatoms. The van der Waals surface area contributed by atoms with Crippen molar-refractivity contribution in [2.75, 3.05) is 24.6 Å². The topological polar surface area (TPSA) is 3.24 Å². The minimum absolute atomic E-state index is 0.828. The minimum Gasteiger partial charge on any atom is -0.299 e. The molecule has 1 atom stereocenters. The largest absolute Gasteiger partial charge is 0.299 e. The minimum atomic E-state index is 0.828. The SMILES string of the molecule is CCc1ccc(CN2CCC(CSCC(C)C)C2)cc1. The van der Waals surface area contributed by atoms with Gasteiger partial charge in [-0.2, -0.15) is 11.8 Å². The number of hydrogen-bond donors (Lipinski definition) is 0. The molecule has 2 rings (SSSR count). The van der Waals surface area contributed by atoms with Gasteiger partial charge in [0.25, 0.3) is 0 Å². The average Bonchev–Trinajstić information content (AvgIpc) is 2.87. The van der Waals surface area contributed by atoms with Crippen LogP contribution in [0.25, 0.3) is 0 Å². The molecule has 1 nitrogen and oxygen atoms in total. The molecule has 0 radical (unpaired) electrons. The Bertz CT molecular complexity index is 385. The molecule has 0 spiro atoms. The molecule has 1 aromatic carbocycles. The normalized spacial score (nSPS) is 19.9. The molecule has 0 bridgehead atoms. The average molecular weight is 292 g/mol. The van der Waals surface area contributed by atoms with Gasteiger partial charge in [-0.15, -0.1) is 0 Å². The van der Waals surface area contributed by atoms with Gasteiger partial charge in [0.1, 0.15) is 0 Å². The molecule has 0 saturated carbocycles. The first-order valence-corrected chi connectivity index (χ1v) is 9.20. The summed E-state index contributed by atoms with van der Waals surface area (Å²) >= 11 is 2.15. The maximum absolute atomic E-state index is 2.63. The fraction of sp³-hybridized carbons (Fsp3) is 0.667. The first-order valence-electron chi connectivity index (χ1n) is 8.05. The smallest absolute Gasteiger partial charge is 0.0233 e. The van der Waals surface area contributed by atoms with Crippen LogP contribution in [0.1, 0.15) is 38.3 Å². The number of hydrogen-bond acceptors (Lipinski definition) is 2. The third kappa shape index (κ3) is 5.14. The van der Waals surface area contributed by atoms with E-state index in [1.807, 2.05) is 0 Å². The predicted octanol–water partition coefficient (Wildman–Crippen LogP) is 4.46. The predicted molar refractivity (Wildman–Crippen MR) is 91.4 cm³/mol. The van der Waals surface area contributed by atoms with Gasteiger partial charge in [-0.3, -0.25) is 4.90 Å². The van der Waals surface area contributed by atoms with Gasteiger partial charge in [0, 0.05) is 13.1 Å². The molecule has 1 fully saturated rings. The van der Waals surface area contributed by atoms with Crippen LogP contribution in [0.2, 0.25) is 0 Å². The number of nitrogens with zero attached hydrogens (tertiary/aromatic N) is 1. The lowest BCUT2D eigenvalue weighted by Crippen LogP contribution is -2.20. The number of aryl methyl sites for hydroxylation is 1. The fourth-order valence-corrected chi connectivity index (χ4v) is 4.01. The van der Waals surface area contributed by atoms with Crippen LogP contribution in [-0.4, -0.2) is 29.5 Å². The van der Waals surface area contributed by atoms with Crippen LogP contribution in [0.3, 0.4) is 0 Å². The van der Waals surface area contributed by atoms with E-state index in [4.69, 9.17) is 0 Å². The first-order chi connectivity index (χ1) is 9.67. The Morgan fingerprint density at radius 2 is 1.90 bits per heavy atom. The van der Waals surface area contributed by atoms with E-state index in [0.717, 1.165) is 24.8 Å². The second-order valence-electron chi connectivity index (χ2n) is 6.49. The van der Waals surface area contributed by atoms with Gasteiger partial charge in [0.2, 0.25) is 0 Å². The van der Waals surface area contributed by atoms with Crippen molar-refractivity contribution in [1.29, 1.82) is 0 Å². The third-order valence-electron chi connectivity index (χ3n) is 4.01. The summed E-state index contributed by atoms with van der Waals surface area (Å²) in [6, 6.07) is 9.17. The Hall–Kier alpha value is -0.470. The quantitative estimate of drug-likeness (QED) is 0.729. The Kier molecular flexibility index (Phi) is 6.44. The molecule has 1 aliphatic rings. The van der Waals surface area contributed by atoms with Crippen molar-refractivity contribution in [2.24, 2.45) is 11.8 Å². The lowest BCUT2D eigenvalue weighted by atomic mass is 10.1. The highest BCUT2D eigenvalue weighted by Gasteiger charge is 2.22. The number of rotatable bonds is 7. The summed E-state index contributed by atoms with van der Waals surface area (Å²) < 4.78 is 0. The number of likely N-dealkylation sites (tertiary alicyclic amines) is 1. The van der Waals surface area contributed by atoms with Gasteiger partial charge in [-0.25, -0.2) is 0 Å². The Labute approximate surface area is 129 Å². The van der Waals surface area contributed by atoms with E-state index < -0.39 is 0 Å². The summed E-state index contributed by atoms with van der Waals surface area (Å²) in [5.41, 5.74) is 2.91. The summed E-state index contributed by atoms with van der Waals surface area (Å²) in [6.07, 6.45) is 2.53. The van der Waals surface area contributed by atoms with Crippen molar-refractivity contribution in [1.82, 2.24) is 4.90 Å². The monoisotopic (exact) mass is 291 g/mol. The van der Waals surface area contributed by atoms with E-state index in [2.05, 4.69) is 61.7 Å². The maximum atomic E-state index is 2.63. The zero-order valence-corrected chi connectivity index (χ0v) is 14.1. The van der Waals surface area contributed by atoms with Gasteiger partial charge >= 0.3 is 0 Å². The van der Waals surface area contributed by atoms with Crippen molar-refractivity contribution < 1.29 is 0 Å². The molecule has 20 heavy (non-hydrogen) atoms. The summed E-state index contributed by atoms with van der Waals surface area (Å²) in [6.45, 7) is 10.6. The highest BCUT2D eigenvalue weighted by molar-refractivity contribution is 7.99. The molecule has 112 valence electrons. The molecule has 0 aliphatic carbocycles. The van der Waals surface area contributed by atoms with Crippen molar-refractivity contribution in [3.63, 3.8) is 0 Å². The van der Waals surface area contributed by atoms with Gasteiger partial charge in [-0.05, 0) is 53.9 Å². The van der Waals surface area contributed by atoms with Gasteiger partial charge in [0.05, 0.1) is 0 Å². The molecule has 1 aliphatic heterocycles. The lowest BCUT2D eigenvalue weighted by Gasteiger charge is -2.16. The van der Waals surface area contributed by atoms with Crippen molar-refractivity contribution >= 4 is 11.8 Å². The highest BCUT2D eigenvalue weighted by atomic mass is 32.2. The third-order valence-corrected chi connectivity index (χ3v) is 5.62. The standard InChI is InChI=1S/C18H29NS/c1-4-16-5-7-17(8-6-16)11-19-10-9-18(12-19)14-20-13-15(2)3/h5-8,15,18H,4,9-14H2,1-3H3. The Morgan fingerprint density at radius 1 is 1.20 bits per heavy atom. The van der Waals surface area contributed by atoms with Crippen LogP contribution in [-0.2, 0) is 13.0 Å². The lowest BCUT2D eigenvalue weighted by molar-refractivity contribution is 0.321. The Balaban J connectivity index is 1.72. The maximum Gasteiger partial charge on any atom is 0.0233 e. The van der Waals surface area contributed by atoms with Crippen LogP contribution < -0.4 is 0 Å². The van der Waals surface area contributed by atoms with Gasteiger partial charge < -0.3 is 0 Å². The molecular weight excluding hydrogens is 262 g/mol. The second-order valence-corrected chi connectivity index (χ2v) is 7.57. The van der Waals surface area contributed by atoms with E-state index in [-0.39, 0.29) is 0 Å².